The number of nitrogens with zero attached hydrogens (tertiary/aromatic N) is 2. The van der Waals surface area contributed by atoms with Crippen LogP contribution < -0.4 is 5.32 Å². The molecule has 0 saturated heterocycles. The first-order chi connectivity index (χ1) is 8.24. The van der Waals surface area contributed by atoms with E-state index in [0.29, 0.717) is 18.8 Å². The minimum absolute atomic E-state index is 0.168. The summed E-state index contributed by atoms with van der Waals surface area (Å²) in [5, 5.41) is 7.86. The lowest BCUT2D eigenvalue weighted by atomic mass is 10.2. The Morgan fingerprint density at radius 1 is 1.47 bits per heavy atom. The molecule has 1 heterocycles. The number of aromatic nitrogens is 2. The monoisotopic (exact) mass is 233 g/mol. The van der Waals surface area contributed by atoms with Crippen LogP contribution in [0.2, 0.25) is 0 Å². The van der Waals surface area contributed by atoms with E-state index >= 15 is 0 Å². The fourth-order valence-corrected chi connectivity index (χ4v) is 1.73. The van der Waals surface area contributed by atoms with Crippen molar-refractivity contribution in [1.82, 2.24) is 15.1 Å². The molecule has 1 aromatic heterocycles. The summed E-state index contributed by atoms with van der Waals surface area (Å²) in [7, 11) is 3.43. The first-order valence-electron chi connectivity index (χ1n) is 5.43. The molecule has 1 amide bonds. The van der Waals surface area contributed by atoms with Crippen LogP contribution in [0.25, 0.3) is 10.9 Å². The predicted molar refractivity (Wildman–Crippen MR) is 64.9 cm³/mol. The first kappa shape index (κ1) is 11.6. The predicted octanol–water partition coefficient (Wildman–Crippen LogP) is 0.949. The van der Waals surface area contributed by atoms with E-state index in [1.165, 1.54) is 0 Å². The van der Waals surface area contributed by atoms with Crippen molar-refractivity contribution in [2.75, 3.05) is 20.3 Å². The Labute approximate surface area is 99.4 Å². The van der Waals surface area contributed by atoms with Crippen LogP contribution in [0.15, 0.2) is 24.3 Å². The Morgan fingerprint density at radius 3 is 3.00 bits per heavy atom. The molecule has 1 N–H and O–H groups in total. The maximum absolute atomic E-state index is 11.9. The summed E-state index contributed by atoms with van der Waals surface area (Å²) in [5.74, 6) is -0.168. The van der Waals surface area contributed by atoms with Crippen LogP contribution in [-0.4, -0.2) is 35.9 Å². The highest BCUT2D eigenvalue weighted by molar-refractivity contribution is 6.04. The standard InChI is InChI=1S/C12H15N3O2/c1-15-10-6-4-3-5-9(10)11(14-15)12(16)13-7-8-17-2/h3-6H,7-8H2,1-2H3,(H,13,16). The van der Waals surface area contributed by atoms with Crippen molar-refractivity contribution in [2.24, 2.45) is 7.05 Å². The summed E-state index contributed by atoms with van der Waals surface area (Å²) in [6.45, 7) is 0.983. The minimum Gasteiger partial charge on any atom is -0.383 e. The van der Waals surface area contributed by atoms with Crippen LogP contribution in [0.1, 0.15) is 10.5 Å². The Kier molecular flexibility index (Phi) is 3.39. The molecule has 0 fully saturated rings. The van der Waals surface area contributed by atoms with E-state index in [9.17, 15) is 4.79 Å². The highest BCUT2D eigenvalue weighted by Gasteiger charge is 2.14. The number of nitrogens with one attached hydrogen (secondary N) is 1. The Hall–Kier alpha value is -1.88. The molecule has 0 bridgehead atoms. The number of hydrogen-bond acceptors (Lipinski definition) is 3. The number of para-hydroxylation sites is 1. The SMILES string of the molecule is COCCNC(=O)c1nn(C)c2ccccc12. The van der Waals surface area contributed by atoms with Crippen LogP contribution >= 0.6 is 0 Å². The molecule has 2 aromatic rings. The number of methoxy groups -OCH3 is 1. The Morgan fingerprint density at radius 2 is 2.24 bits per heavy atom. The molecule has 5 nitrogen and oxygen atoms in total. The zero-order chi connectivity index (χ0) is 12.3. The second-order valence-electron chi connectivity index (χ2n) is 3.74. The van der Waals surface area contributed by atoms with Crippen LogP contribution in [0, 0.1) is 0 Å². The number of ether oxygens (including phenoxy) is 1. The third kappa shape index (κ3) is 2.29. The molecule has 90 valence electrons. The third-order valence-corrected chi connectivity index (χ3v) is 2.56. The summed E-state index contributed by atoms with van der Waals surface area (Å²) in [6.07, 6.45) is 0. The van der Waals surface area contributed by atoms with Gasteiger partial charge in [-0.1, -0.05) is 18.2 Å². The molecule has 0 spiro atoms. The summed E-state index contributed by atoms with van der Waals surface area (Å²) in [4.78, 5) is 11.9. The van der Waals surface area contributed by atoms with Gasteiger partial charge in [-0.25, -0.2) is 0 Å². The van der Waals surface area contributed by atoms with E-state index in [1.54, 1.807) is 11.8 Å². The number of aryl methyl sites for hydroxylation is 1. The van der Waals surface area contributed by atoms with Gasteiger partial charge in [-0.15, -0.1) is 0 Å². The molecule has 0 aliphatic rings. The van der Waals surface area contributed by atoms with Gasteiger partial charge >= 0.3 is 0 Å². The number of rotatable bonds is 4. The lowest BCUT2D eigenvalue weighted by molar-refractivity contribution is 0.0933. The fourth-order valence-electron chi connectivity index (χ4n) is 1.73. The van der Waals surface area contributed by atoms with Crippen molar-refractivity contribution in [3.05, 3.63) is 30.0 Å². The number of fused-ring (bicyclic) bond motifs is 1. The van der Waals surface area contributed by atoms with Gasteiger partial charge in [0.15, 0.2) is 5.69 Å². The maximum Gasteiger partial charge on any atom is 0.272 e. The average molecular weight is 233 g/mol. The highest BCUT2D eigenvalue weighted by Crippen LogP contribution is 2.16. The summed E-state index contributed by atoms with van der Waals surface area (Å²) < 4.78 is 6.59. The minimum atomic E-state index is -0.168. The van der Waals surface area contributed by atoms with Gasteiger partial charge in [0.2, 0.25) is 0 Å². The molecular weight excluding hydrogens is 218 g/mol. The quantitative estimate of drug-likeness (QED) is 0.800. The molecule has 0 radical (unpaired) electrons. The molecule has 1 aromatic carbocycles. The maximum atomic E-state index is 11.9. The summed E-state index contributed by atoms with van der Waals surface area (Å²) in [6, 6.07) is 7.66. The van der Waals surface area contributed by atoms with Crippen LogP contribution in [0.4, 0.5) is 0 Å². The van der Waals surface area contributed by atoms with Gasteiger partial charge in [0.1, 0.15) is 0 Å². The van der Waals surface area contributed by atoms with Crippen molar-refractivity contribution < 1.29 is 9.53 Å². The zero-order valence-electron chi connectivity index (χ0n) is 9.93. The number of amides is 1. The smallest absolute Gasteiger partial charge is 0.272 e. The zero-order valence-corrected chi connectivity index (χ0v) is 9.93. The highest BCUT2D eigenvalue weighted by atomic mass is 16.5. The lowest BCUT2D eigenvalue weighted by Crippen LogP contribution is -2.27. The molecule has 5 heteroatoms. The largest absolute Gasteiger partial charge is 0.383 e. The van der Waals surface area contributed by atoms with E-state index in [-0.39, 0.29) is 5.91 Å². The van der Waals surface area contributed by atoms with Crippen molar-refractivity contribution in [2.45, 2.75) is 0 Å². The van der Waals surface area contributed by atoms with Crippen molar-refractivity contribution in [3.8, 4) is 0 Å². The number of benzene rings is 1. The number of carbonyl (C=O) groups is 1. The summed E-state index contributed by atoms with van der Waals surface area (Å²) in [5.41, 5.74) is 1.41. The number of carbonyl (C=O) groups excluding carboxylic acids is 1. The van der Waals surface area contributed by atoms with Crippen LogP contribution in [0.5, 0.6) is 0 Å². The molecule has 0 unspecified atom stereocenters. The molecule has 0 aliphatic heterocycles. The van der Waals surface area contributed by atoms with E-state index in [2.05, 4.69) is 10.4 Å². The normalized spacial score (nSPS) is 10.7. The molecule has 0 saturated carbocycles. The molecule has 2 rings (SSSR count). The lowest BCUT2D eigenvalue weighted by Gasteiger charge is -2.01. The number of hydrogen-bond donors (Lipinski definition) is 1. The van der Waals surface area contributed by atoms with Gasteiger partial charge in [-0.3, -0.25) is 9.48 Å². The van der Waals surface area contributed by atoms with Crippen LogP contribution in [-0.2, 0) is 11.8 Å². The summed E-state index contributed by atoms with van der Waals surface area (Å²) >= 11 is 0. The van der Waals surface area contributed by atoms with Crippen molar-refractivity contribution in [3.63, 3.8) is 0 Å². The van der Waals surface area contributed by atoms with Gasteiger partial charge in [0, 0.05) is 26.1 Å². The Balaban J connectivity index is 2.26. The van der Waals surface area contributed by atoms with Gasteiger partial charge in [-0.05, 0) is 6.07 Å². The topological polar surface area (TPSA) is 56.1 Å². The Bertz CT molecular complexity index is 534. The first-order valence-corrected chi connectivity index (χ1v) is 5.43. The fraction of sp³-hybridized carbons (Fsp3) is 0.333. The van der Waals surface area contributed by atoms with Crippen LogP contribution in [0.3, 0.4) is 0 Å². The van der Waals surface area contributed by atoms with E-state index in [4.69, 9.17) is 4.74 Å². The third-order valence-electron chi connectivity index (χ3n) is 2.56. The van der Waals surface area contributed by atoms with Gasteiger partial charge in [0.05, 0.1) is 12.1 Å². The molecular formula is C12H15N3O2. The van der Waals surface area contributed by atoms with Crippen molar-refractivity contribution in [1.29, 1.82) is 0 Å². The van der Waals surface area contributed by atoms with Gasteiger partial charge in [0.25, 0.3) is 5.91 Å². The second kappa shape index (κ2) is 4.97. The molecule has 0 atom stereocenters. The van der Waals surface area contributed by atoms with Gasteiger partial charge in [-0.2, -0.15) is 5.10 Å². The van der Waals surface area contributed by atoms with Crippen molar-refractivity contribution >= 4 is 16.8 Å². The van der Waals surface area contributed by atoms with Gasteiger partial charge < -0.3 is 10.1 Å². The van der Waals surface area contributed by atoms with E-state index in [1.807, 2.05) is 31.3 Å². The molecule has 0 aliphatic carbocycles. The molecule has 17 heavy (non-hydrogen) atoms. The average Bonchev–Trinajstić information content (AvgIpc) is 2.68. The van der Waals surface area contributed by atoms with E-state index < -0.39 is 0 Å². The van der Waals surface area contributed by atoms with E-state index in [0.717, 1.165) is 10.9 Å². The second-order valence-corrected chi connectivity index (χ2v) is 3.74.